The molecule has 0 radical (unpaired) electrons. The molecule has 0 bridgehead atoms. The van der Waals surface area contributed by atoms with E-state index in [0.717, 1.165) is 28.7 Å². The molecule has 0 saturated carbocycles. The van der Waals surface area contributed by atoms with E-state index in [2.05, 4.69) is 81.6 Å². The van der Waals surface area contributed by atoms with Gasteiger partial charge in [0.1, 0.15) is 12.4 Å². The summed E-state index contributed by atoms with van der Waals surface area (Å²) in [5.74, 6) is -0.0990. The van der Waals surface area contributed by atoms with Gasteiger partial charge in [-0.25, -0.2) is 9.59 Å². The van der Waals surface area contributed by atoms with Gasteiger partial charge in [-0.15, -0.1) is 0 Å². The third-order valence-corrected chi connectivity index (χ3v) is 7.11. The molecule has 0 saturated heterocycles. The molecular formula is C37H44O6. The molecule has 3 rings (SSSR count). The van der Waals surface area contributed by atoms with Crippen LogP contribution in [0.15, 0.2) is 78.9 Å². The van der Waals surface area contributed by atoms with E-state index in [0.29, 0.717) is 42.6 Å². The van der Waals surface area contributed by atoms with Crippen molar-refractivity contribution < 1.29 is 28.9 Å². The first-order chi connectivity index (χ1) is 20.6. The van der Waals surface area contributed by atoms with Crippen LogP contribution >= 0.6 is 0 Å². The first kappa shape index (κ1) is 33.3. The summed E-state index contributed by atoms with van der Waals surface area (Å²) >= 11 is 0. The maximum Gasteiger partial charge on any atom is 0.333 e. The predicted molar refractivity (Wildman–Crippen MR) is 172 cm³/mol. The highest BCUT2D eigenvalue weighted by Gasteiger charge is 2.17. The van der Waals surface area contributed by atoms with Crippen molar-refractivity contribution >= 4 is 11.9 Å². The summed E-state index contributed by atoms with van der Waals surface area (Å²) in [5, 5.41) is 9.54. The minimum absolute atomic E-state index is 0.118. The van der Waals surface area contributed by atoms with Crippen molar-refractivity contribution in [2.24, 2.45) is 0 Å². The summed E-state index contributed by atoms with van der Waals surface area (Å²) in [6.07, 6.45) is 3.27. The Morgan fingerprint density at radius 2 is 1.23 bits per heavy atom. The number of carbonyl (C=O) groups is 2. The van der Waals surface area contributed by atoms with E-state index in [4.69, 9.17) is 14.2 Å². The molecule has 228 valence electrons. The van der Waals surface area contributed by atoms with E-state index in [9.17, 15) is 14.7 Å². The van der Waals surface area contributed by atoms with Crippen molar-refractivity contribution in [3.8, 4) is 28.0 Å². The molecular weight excluding hydrogens is 540 g/mol. The van der Waals surface area contributed by atoms with E-state index in [1.165, 1.54) is 22.3 Å². The minimum atomic E-state index is -0.406. The van der Waals surface area contributed by atoms with Gasteiger partial charge in [-0.05, 0) is 104 Å². The Morgan fingerprint density at radius 3 is 1.72 bits per heavy atom. The average molecular weight is 585 g/mol. The lowest BCUT2D eigenvalue weighted by molar-refractivity contribution is -0.139. The van der Waals surface area contributed by atoms with E-state index < -0.39 is 11.9 Å². The second-order valence-electron chi connectivity index (χ2n) is 10.8. The van der Waals surface area contributed by atoms with Crippen LogP contribution in [0.25, 0.3) is 22.3 Å². The van der Waals surface area contributed by atoms with Crippen LogP contribution in [0, 0.1) is 6.92 Å². The largest absolute Gasteiger partial charge is 0.491 e. The zero-order valence-electron chi connectivity index (χ0n) is 26.0. The summed E-state index contributed by atoms with van der Waals surface area (Å²) in [6, 6.07) is 19.4. The number of hydrogen-bond acceptors (Lipinski definition) is 6. The Bertz CT molecular complexity index is 1380. The molecule has 3 aromatic carbocycles. The third-order valence-electron chi connectivity index (χ3n) is 7.11. The van der Waals surface area contributed by atoms with Gasteiger partial charge in [-0.2, -0.15) is 0 Å². The van der Waals surface area contributed by atoms with Crippen LogP contribution in [0.5, 0.6) is 5.75 Å². The van der Waals surface area contributed by atoms with Gasteiger partial charge in [0.2, 0.25) is 0 Å². The highest BCUT2D eigenvalue weighted by Crippen LogP contribution is 2.36. The topological polar surface area (TPSA) is 82.1 Å². The number of esters is 2. The summed E-state index contributed by atoms with van der Waals surface area (Å²) in [4.78, 5) is 23.8. The van der Waals surface area contributed by atoms with Crippen LogP contribution in [-0.4, -0.2) is 43.5 Å². The number of ether oxygens (including phenoxy) is 3. The lowest BCUT2D eigenvalue weighted by Gasteiger charge is -2.20. The Balaban J connectivity index is 2.00. The number of rotatable bonds is 16. The Kier molecular flexibility index (Phi) is 12.8. The zero-order chi connectivity index (χ0) is 31.4. The van der Waals surface area contributed by atoms with Crippen LogP contribution in [0.1, 0.15) is 55.9 Å². The average Bonchev–Trinajstić information content (AvgIpc) is 3.00. The number of aryl methyl sites for hydroxylation is 4. The van der Waals surface area contributed by atoms with Gasteiger partial charge in [-0.3, -0.25) is 0 Å². The summed E-state index contributed by atoms with van der Waals surface area (Å²) in [6.45, 7) is 15.3. The van der Waals surface area contributed by atoms with Gasteiger partial charge >= 0.3 is 11.9 Å². The maximum absolute atomic E-state index is 11.9. The van der Waals surface area contributed by atoms with Crippen LogP contribution in [0.2, 0.25) is 0 Å². The van der Waals surface area contributed by atoms with Crippen molar-refractivity contribution in [2.45, 2.75) is 59.8 Å². The van der Waals surface area contributed by atoms with Crippen molar-refractivity contribution in [3.63, 3.8) is 0 Å². The number of carbonyl (C=O) groups excluding carboxylic acids is 2. The molecule has 0 aliphatic rings. The van der Waals surface area contributed by atoms with E-state index >= 15 is 0 Å². The van der Waals surface area contributed by atoms with E-state index in [1.54, 1.807) is 13.8 Å². The second-order valence-corrected chi connectivity index (χ2v) is 10.8. The van der Waals surface area contributed by atoms with Gasteiger partial charge < -0.3 is 19.3 Å². The standard InChI is InChI=1S/C37H44O6/c1-7-28-22-30(29-14-12-27(6)13-15-29)16-17-34(28)33-23-31(10-8-19-42-36(39)25(2)3)35(41-21-18-38)32(24-33)11-9-20-43-37(40)26(4)5/h12-17,22-24,38H,2,4,7-11,18-21H2,1,3,5-6H3. The fourth-order valence-corrected chi connectivity index (χ4v) is 4.81. The predicted octanol–water partition coefficient (Wildman–Crippen LogP) is 7.37. The van der Waals surface area contributed by atoms with Gasteiger partial charge in [0.15, 0.2) is 0 Å². The molecule has 0 unspecified atom stereocenters. The highest BCUT2D eigenvalue weighted by molar-refractivity contribution is 5.87. The molecule has 6 heteroatoms. The molecule has 0 aromatic heterocycles. The molecule has 0 fully saturated rings. The molecule has 0 heterocycles. The molecule has 0 atom stereocenters. The van der Waals surface area contributed by atoms with Crippen LogP contribution in [0.4, 0.5) is 0 Å². The molecule has 0 aliphatic carbocycles. The van der Waals surface area contributed by atoms with Crippen LogP contribution < -0.4 is 4.74 Å². The lowest BCUT2D eigenvalue weighted by Crippen LogP contribution is -2.10. The Labute approximate surface area is 256 Å². The van der Waals surface area contributed by atoms with Crippen molar-refractivity contribution in [1.82, 2.24) is 0 Å². The second kappa shape index (κ2) is 16.5. The fraction of sp³-hybridized carbons (Fsp3) is 0.351. The molecule has 3 aromatic rings. The lowest BCUT2D eigenvalue weighted by atomic mass is 9.90. The number of aliphatic hydroxyl groups excluding tert-OH is 1. The van der Waals surface area contributed by atoms with Crippen LogP contribution in [0.3, 0.4) is 0 Å². The zero-order valence-corrected chi connectivity index (χ0v) is 26.0. The summed E-state index contributed by atoms with van der Waals surface area (Å²) in [7, 11) is 0. The first-order valence-corrected chi connectivity index (χ1v) is 14.9. The van der Waals surface area contributed by atoms with Crippen molar-refractivity contribution in [1.29, 1.82) is 0 Å². The third kappa shape index (κ3) is 9.69. The normalized spacial score (nSPS) is 10.7. The number of benzene rings is 3. The smallest absolute Gasteiger partial charge is 0.333 e. The Morgan fingerprint density at radius 1 is 0.721 bits per heavy atom. The quantitative estimate of drug-likeness (QED) is 0.108. The molecule has 43 heavy (non-hydrogen) atoms. The number of hydrogen-bond donors (Lipinski definition) is 1. The van der Waals surface area contributed by atoms with Gasteiger partial charge in [-0.1, -0.05) is 68.1 Å². The van der Waals surface area contributed by atoms with Gasteiger partial charge in [0, 0.05) is 11.1 Å². The minimum Gasteiger partial charge on any atom is -0.491 e. The molecule has 6 nitrogen and oxygen atoms in total. The van der Waals surface area contributed by atoms with E-state index in [-0.39, 0.29) is 26.4 Å². The van der Waals surface area contributed by atoms with Gasteiger partial charge in [0.05, 0.1) is 19.8 Å². The van der Waals surface area contributed by atoms with Crippen molar-refractivity contribution in [3.05, 3.63) is 101 Å². The fourth-order valence-electron chi connectivity index (χ4n) is 4.81. The van der Waals surface area contributed by atoms with Gasteiger partial charge in [0.25, 0.3) is 0 Å². The van der Waals surface area contributed by atoms with Crippen LogP contribution in [-0.2, 0) is 38.3 Å². The van der Waals surface area contributed by atoms with E-state index in [1.807, 2.05) is 0 Å². The summed E-state index contributed by atoms with van der Waals surface area (Å²) in [5.41, 5.74) is 9.66. The molecule has 0 amide bonds. The molecule has 0 spiro atoms. The summed E-state index contributed by atoms with van der Waals surface area (Å²) < 4.78 is 16.8. The first-order valence-electron chi connectivity index (χ1n) is 14.9. The monoisotopic (exact) mass is 584 g/mol. The number of aliphatic hydroxyl groups is 1. The molecule has 1 N–H and O–H groups in total. The SMILES string of the molecule is C=C(C)C(=O)OCCCc1cc(-c2ccc(-c3ccc(C)cc3)cc2CC)cc(CCCOC(=O)C(=C)C)c1OCCO. The molecule has 0 aliphatic heterocycles. The van der Waals surface area contributed by atoms with Crippen molar-refractivity contribution in [2.75, 3.05) is 26.4 Å². The highest BCUT2D eigenvalue weighted by atomic mass is 16.5. The Hall–Kier alpha value is -4.16. The maximum atomic E-state index is 11.9.